The molecule has 0 aromatic carbocycles. The van der Waals surface area contributed by atoms with Crippen molar-refractivity contribution in [1.82, 2.24) is 0 Å². The number of carbonyl (C=O) groups is 1. The van der Waals surface area contributed by atoms with E-state index in [1.54, 1.807) is 0 Å². The van der Waals surface area contributed by atoms with E-state index in [0.29, 0.717) is 19.6 Å². The third-order valence-electron chi connectivity index (χ3n) is 2.29. The Hall–Kier alpha value is -0.450. The third kappa shape index (κ3) is 3.74. The van der Waals surface area contributed by atoms with E-state index in [-0.39, 0.29) is 12.4 Å². The van der Waals surface area contributed by atoms with Crippen molar-refractivity contribution in [1.29, 1.82) is 0 Å². The summed E-state index contributed by atoms with van der Waals surface area (Å²) < 4.78 is 15.6. The van der Waals surface area contributed by atoms with E-state index in [1.807, 2.05) is 6.92 Å². The molecule has 1 saturated heterocycles. The molecule has 0 aromatic heterocycles. The van der Waals surface area contributed by atoms with Gasteiger partial charge in [0.05, 0.1) is 13.2 Å². The minimum absolute atomic E-state index is 0.133. The molecule has 0 radical (unpaired) electrons. The quantitative estimate of drug-likeness (QED) is 0.647. The van der Waals surface area contributed by atoms with Crippen molar-refractivity contribution >= 4 is 5.78 Å². The Morgan fingerprint density at radius 3 is 2.64 bits per heavy atom. The lowest BCUT2D eigenvalue weighted by Gasteiger charge is -2.21. The number of carbonyl (C=O) groups excluding carboxylic acids is 1. The maximum absolute atomic E-state index is 11.1. The van der Waals surface area contributed by atoms with Crippen LogP contribution in [0.4, 0.5) is 0 Å². The van der Waals surface area contributed by atoms with Gasteiger partial charge >= 0.3 is 0 Å². The maximum Gasteiger partial charge on any atom is 0.165 e. The standard InChI is InChI=1S/C10H18O4/c1-10(13-6-7-14-10)5-3-4-9(11)8-12-2/h3-8H2,1-2H3. The Labute approximate surface area is 84.5 Å². The van der Waals surface area contributed by atoms with Gasteiger partial charge in [0.25, 0.3) is 0 Å². The summed E-state index contributed by atoms with van der Waals surface area (Å²) in [5, 5.41) is 0. The molecule has 1 aliphatic heterocycles. The van der Waals surface area contributed by atoms with E-state index in [4.69, 9.17) is 14.2 Å². The van der Waals surface area contributed by atoms with Gasteiger partial charge in [0, 0.05) is 20.0 Å². The number of hydrogen-bond acceptors (Lipinski definition) is 4. The van der Waals surface area contributed by atoms with Gasteiger partial charge in [-0.1, -0.05) is 0 Å². The van der Waals surface area contributed by atoms with Crippen LogP contribution in [0.25, 0.3) is 0 Å². The second-order valence-corrected chi connectivity index (χ2v) is 3.66. The van der Waals surface area contributed by atoms with Crippen LogP contribution in [-0.2, 0) is 19.0 Å². The average molecular weight is 202 g/mol. The Bertz CT molecular complexity index is 185. The fraction of sp³-hybridized carbons (Fsp3) is 0.900. The summed E-state index contributed by atoms with van der Waals surface area (Å²) in [6.07, 6.45) is 2.09. The summed E-state index contributed by atoms with van der Waals surface area (Å²) in [7, 11) is 1.53. The molecule has 0 amide bonds. The number of methoxy groups -OCH3 is 1. The predicted molar refractivity (Wildman–Crippen MR) is 51.0 cm³/mol. The Kier molecular flexibility index (Phi) is 4.51. The SMILES string of the molecule is COCC(=O)CCCC1(C)OCCO1. The minimum Gasteiger partial charge on any atom is -0.377 e. The summed E-state index contributed by atoms with van der Waals surface area (Å²) in [4.78, 5) is 11.1. The first-order valence-corrected chi connectivity index (χ1v) is 4.95. The maximum atomic E-state index is 11.1. The number of rotatable bonds is 6. The number of ether oxygens (including phenoxy) is 3. The van der Waals surface area contributed by atoms with Crippen molar-refractivity contribution in [3.63, 3.8) is 0 Å². The summed E-state index contributed by atoms with van der Waals surface area (Å²) in [5.74, 6) is -0.332. The molecule has 0 saturated carbocycles. The van der Waals surface area contributed by atoms with Crippen LogP contribution in [0.1, 0.15) is 26.2 Å². The van der Waals surface area contributed by atoms with Crippen molar-refractivity contribution in [3.8, 4) is 0 Å². The van der Waals surface area contributed by atoms with Crippen LogP contribution in [0.3, 0.4) is 0 Å². The van der Waals surface area contributed by atoms with E-state index in [2.05, 4.69) is 0 Å². The summed E-state index contributed by atoms with van der Waals surface area (Å²) >= 11 is 0. The van der Waals surface area contributed by atoms with Crippen LogP contribution >= 0.6 is 0 Å². The largest absolute Gasteiger partial charge is 0.377 e. The van der Waals surface area contributed by atoms with Gasteiger partial charge in [0.1, 0.15) is 6.61 Å². The first-order valence-electron chi connectivity index (χ1n) is 4.95. The number of Topliss-reactive ketones (excluding diaryl/α,β-unsaturated/α-hetero) is 1. The van der Waals surface area contributed by atoms with Gasteiger partial charge in [-0.2, -0.15) is 0 Å². The molecule has 4 nitrogen and oxygen atoms in total. The van der Waals surface area contributed by atoms with E-state index < -0.39 is 5.79 Å². The van der Waals surface area contributed by atoms with E-state index in [0.717, 1.165) is 12.8 Å². The molecule has 0 N–H and O–H groups in total. The molecule has 0 aliphatic carbocycles. The highest BCUT2D eigenvalue weighted by Gasteiger charge is 2.30. The Morgan fingerprint density at radius 2 is 2.07 bits per heavy atom. The fourth-order valence-corrected chi connectivity index (χ4v) is 1.54. The normalized spacial score (nSPS) is 19.9. The second-order valence-electron chi connectivity index (χ2n) is 3.66. The predicted octanol–water partition coefficient (Wildman–Crippen LogP) is 1.14. The Balaban J connectivity index is 2.11. The third-order valence-corrected chi connectivity index (χ3v) is 2.29. The van der Waals surface area contributed by atoms with Gasteiger partial charge in [-0.25, -0.2) is 0 Å². The van der Waals surface area contributed by atoms with Gasteiger partial charge < -0.3 is 14.2 Å². The van der Waals surface area contributed by atoms with Gasteiger partial charge in [-0.05, 0) is 13.3 Å². The fourth-order valence-electron chi connectivity index (χ4n) is 1.54. The lowest BCUT2D eigenvalue weighted by Crippen LogP contribution is -2.25. The molecule has 4 heteroatoms. The molecule has 1 aliphatic rings. The zero-order chi connectivity index (χ0) is 10.4. The zero-order valence-electron chi connectivity index (χ0n) is 8.88. The molecule has 1 fully saturated rings. The number of hydrogen-bond donors (Lipinski definition) is 0. The van der Waals surface area contributed by atoms with Crippen molar-refractivity contribution in [3.05, 3.63) is 0 Å². The second kappa shape index (κ2) is 5.44. The minimum atomic E-state index is -0.465. The highest BCUT2D eigenvalue weighted by atomic mass is 16.7. The Morgan fingerprint density at radius 1 is 1.43 bits per heavy atom. The zero-order valence-corrected chi connectivity index (χ0v) is 8.88. The van der Waals surface area contributed by atoms with E-state index >= 15 is 0 Å². The lowest BCUT2D eigenvalue weighted by molar-refractivity contribution is -0.148. The molecule has 0 atom stereocenters. The van der Waals surface area contributed by atoms with Crippen LogP contribution in [0.15, 0.2) is 0 Å². The van der Waals surface area contributed by atoms with Gasteiger partial charge in [-0.3, -0.25) is 4.79 Å². The van der Waals surface area contributed by atoms with E-state index in [1.165, 1.54) is 7.11 Å². The lowest BCUT2D eigenvalue weighted by atomic mass is 10.1. The van der Waals surface area contributed by atoms with Crippen LogP contribution in [-0.4, -0.2) is 38.5 Å². The molecule has 0 bridgehead atoms. The van der Waals surface area contributed by atoms with Crippen LogP contribution in [0.2, 0.25) is 0 Å². The van der Waals surface area contributed by atoms with Crippen molar-refractivity contribution in [2.45, 2.75) is 32.0 Å². The molecule has 1 rings (SSSR count). The summed E-state index contributed by atoms with van der Waals surface area (Å²) in [6.45, 7) is 3.43. The molecule has 0 aromatic rings. The highest BCUT2D eigenvalue weighted by Crippen LogP contribution is 2.24. The van der Waals surface area contributed by atoms with Crippen molar-refractivity contribution < 1.29 is 19.0 Å². The van der Waals surface area contributed by atoms with E-state index in [9.17, 15) is 4.79 Å². The topological polar surface area (TPSA) is 44.8 Å². The molecule has 1 heterocycles. The van der Waals surface area contributed by atoms with Gasteiger partial charge in [0.15, 0.2) is 11.6 Å². The molecule has 0 unspecified atom stereocenters. The molecular weight excluding hydrogens is 184 g/mol. The summed E-state index contributed by atoms with van der Waals surface area (Å²) in [5.41, 5.74) is 0. The monoisotopic (exact) mass is 202 g/mol. The number of ketones is 1. The molecule has 82 valence electrons. The highest BCUT2D eigenvalue weighted by molar-refractivity contribution is 5.79. The smallest absolute Gasteiger partial charge is 0.165 e. The molecule has 14 heavy (non-hydrogen) atoms. The van der Waals surface area contributed by atoms with Gasteiger partial charge in [-0.15, -0.1) is 0 Å². The first-order chi connectivity index (χ1) is 6.66. The average Bonchev–Trinajstić information content (AvgIpc) is 2.53. The summed E-state index contributed by atoms with van der Waals surface area (Å²) in [6, 6.07) is 0. The molecule has 0 spiro atoms. The van der Waals surface area contributed by atoms with Crippen LogP contribution in [0, 0.1) is 0 Å². The van der Waals surface area contributed by atoms with Crippen molar-refractivity contribution in [2.24, 2.45) is 0 Å². The van der Waals surface area contributed by atoms with Crippen LogP contribution in [0.5, 0.6) is 0 Å². The van der Waals surface area contributed by atoms with Crippen molar-refractivity contribution in [2.75, 3.05) is 26.9 Å². The first kappa shape index (κ1) is 11.6. The molecular formula is C10H18O4. The van der Waals surface area contributed by atoms with Gasteiger partial charge in [0.2, 0.25) is 0 Å². The van der Waals surface area contributed by atoms with Crippen LogP contribution < -0.4 is 0 Å².